The number of nitrogen functional groups attached to an aromatic ring is 1. The third-order valence-electron chi connectivity index (χ3n) is 3.03. The van der Waals surface area contributed by atoms with E-state index >= 15 is 0 Å². The second-order valence-corrected chi connectivity index (χ2v) is 4.75. The van der Waals surface area contributed by atoms with Gasteiger partial charge < -0.3 is 20.5 Å². The fourth-order valence-electron chi connectivity index (χ4n) is 1.88. The molecule has 0 spiro atoms. The maximum atomic E-state index is 5.86. The van der Waals surface area contributed by atoms with Crippen molar-refractivity contribution in [3.05, 3.63) is 35.9 Å². The zero-order valence-electron chi connectivity index (χ0n) is 12.6. The van der Waals surface area contributed by atoms with Gasteiger partial charge in [0.15, 0.2) is 0 Å². The van der Waals surface area contributed by atoms with Gasteiger partial charge in [-0.15, -0.1) is 0 Å². The second-order valence-electron chi connectivity index (χ2n) is 4.75. The molecule has 0 aliphatic heterocycles. The van der Waals surface area contributed by atoms with E-state index in [1.807, 2.05) is 38.1 Å². The van der Waals surface area contributed by atoms with E-state index in [4.69, 9.17) is 15.2 Å². The van der Waals surface area contributed by atoms with Gasteiger partial charge in [0.05, 0.1) is 19.4 Å². The van der Waals surface area contributed by atoms with E-state index in [9.17, 15) is 0 Å². The van der Waals surface area contributed by atoms with Crippen molar-refractivity contribution in [1.29, 1.82) is 0 Å². The van der Waals surface area contributed by atoms with E-state index in [1.54, 1.807) is 13.2 Å². The third kappa shape index (κ3) is 3.78. The summed E-state index contributed by atoms with van der Waals surface area (Å²) in [6, 6.07) is 9.45. The van der Waals surface area contributed by atoms with E-state index in [-0.39, 0.29) is 0 Å². The third-order valence-corrected chi connectivity index (χ3v) is 3.03. The Morgan fingerprint density at radius 3 is 2.71 bits per heavy atom. The number of hydrogen-bond acceptors (Lipinski definition) is 5. The topological polar surface area (TPSA) is 69.4 Å². The lowest BCUT2D eigenvalue weighted by molar-refractivity contribution is 0.307. The molecule has 1 heterocycles. The zero-order valence-corrected chi connectivity index (χ0v) is 12.6. The number of nitrogens with two attached hydrogens (primary N) is 1. The standard InChI is InChI=1S/C16H21N3O2/c1-4-9-21-16-13(17)6-8-15(19-16)18-14-7-5-12(20-3)10-11(14)2/h5-8,10H,4,9,17H2,1-3H3,(H,18,19). The molecule has 5 heteroatoms. The number of aryl methyl sites for hydroxylation is 1. The molecule has 0 amide bonds. The molecule has 0 saturated heterocycles. The van der Waals surface area contributed by atoms with Crippen LogP contribution in [0.25, 0.3) is 0 Å². The minimum Gasteiger partial charge on any atom is -0.497 e. The Labute approximate surface area is 125 Å². The molecule has 1 aromatic carbocycles. The molecule has 0 fully saturated rings. The molecule has 21 heavy (non-hydrogen) atoms. The molecule has 0 atom stereocenters. The first-order valence-corrected chi connectivity index (χ1v) is 6.95. The summed E-state index contributed by atoms with van der Waals surface area (Å²) in [4.78, 5) is 4.40. The molecular weight excluding hydrogens is 266 g/mol. The number of nitrogens with one attached hydrogen (secondary N) is 1. The van der Waals surface area contributed by atoms with Crippen molar-refractivity contribution in [2.45, 2.75) is 20.3 Å². The molecule has 0 saturated carbocycles. The summed E-state index contributed by atoms with van der Waals surface area (Å²) in [6.07, 6.45) is 0.913. The molecule has 3 N–H and O–H groups in total. The van der Waals surface area contributed by atoms with Crippen molar-refractivity contribution in [3.63, 3.8) is 0 Å². The van der Waals surface area contributed by atoms with Crippen LogP contribution < -0.4 is 20.5 Å². The Bertz CT molecular complexity index is 614. The van der Waals surface area contributed by atoms with E-state index in [0.29, 0.717) is 24.0 Å². The summed E-state index contributed by atoms with van der Waals surface area (Å²) < 4.78 is 10.7. The number of rotatable bonds is 6. The molecule has 5 nitrogen and oxygen atoms in total. The van der Waals surface area contributed by atoms with Gasteiger partial charge in [0.25, 0.3) is 0 Å². The van der Waals surface area contributed by atoms with Gasteiger partial charge >= 0.3 is 0 Å². The van der Waals surface area contributed by atoms with Crippen LogP contribution in [0.2, 0.25) is 0 Å². The summed E-state index contributed by atoms with van der Waals surface area (Å²) in [6.45, 7) is 4.65. The van der Waals surface area contributed by atoms with Gasteiger partial charge in [0, 0.05) is 5.69 Å². The van der Waals surface area contributed by atoms with Gasteiger partial charge in [0.1, 0.15) is 11.6 Å². The van der Waals surface area contributed by atoms with Crippen LogP contribution in [0.1, 0.15) is 18.9 Å². The average Bonchev–Trinajstić information content (AvgIpc) is 2.49. The summed E-state index contributed by atoms with van der Waals surface area (Å²) in [5.41, 5.74) is 8.44. The predicted molar refractivity (Wildman–Crippen MR) is 85.4 cm³/mol. The number of benzene rings is 1. The van der Waals surface area contributed by atoms with Gasteiger partial charge in [-0.25, -0.2) is 0 Å². The summed E-state index contributed by atoms with van der Waals surface area (Å²) in [5.74, 6) is 1.99. The monoisotopic (exact) mass is 287 g/mol. The average molecular weight is 287 g/mol. The van der Waals surface area contributed by atoms with Crippen LogP contribution in [-0.2, 0) is 0 Å². The maximum absolute atomic E-state index is 5.86. The second kappa shape index (κ2) is 6.83. The van der Waals surface area contributed by atoms with Gasteiger partial charge in [-0.1, -0.05) is 6.92 Å². The number of pyridine rings is 1. The van der Waals surface area contributed by atoms with Gasteiger partial charge in [0.2, 0.25) is 5.88 Å². The summed E-state index contributed by atoms with van der Waals surface area (Å²) in [7, 11) is 1.65. The molecule has 1 aromatic heterocycles. The van der Waals surface area contributed by atoms with Crippen LogP contribution in [0.3, 0.4) is 0 Å². The van der Waals surface area contributed by atoms with Crippen LogP contribution in [0.4, 0.5) is 17.2 Å². The molecule has 0 bridgehead atoms. The highest BCUT2D eigenvalue weighted by atomic mass is 16.5. The lowest BCUT2D eigenvalue weighted by Crippen LogP contribution is -2.03. The number of anilines is 3. The van der Waals surface area contributed by atoms with Crippen LogP contribution >= 0.6 is 0 Å². The van der Waals surface area contributed by atoms with Crippen molar-refractivity contribution >= 4 is 17.2 Å². The Hall–Kier alpha value is -2.43. The van der Waals surface area contributed by atoms with Crippen LogP contribution in [0, 0.1) is 6.92 Å². The van der Waals surface area contributed by atoms with E-state index in [1.165, 1.54) is 0 Å². The molecule has 0 radical (unpaired) electrons. The van der Waals surface area contributed by atoms with E-state index < -0.39 is 0 Å². The highest BCUT2D eigenvalue weighted by Crippen LogP contribution is 2.26. The minimum absolute atomic E-state index is 0.466. The zero-order chi connectivity index (χ0) is 15.2. The lowest BCUT2D eigenvalue weighted by atomic mass is 10.2. The highest BCUT2D eigenvalue weighted by molar-refractivity contribution is 5.64. The SMILES string of the molecule is CCCOc1nc(Nc2ccc(OC)cc2C)ccc1N. The molecule has 2 aromatic rings. The fraction of sp³-hybridized carbons (Fsp3) is 0.312. The Balaban J connectivity index is 2.19. The molecule has 0 unspecified atom stereocenters. The molecule has 2 rings (SSSR count). The quantitative estimate of drug-likeness (QED) is 0.850. The van der Waals surface area contributed by atoms with Crippen molar-refractivity contribution in [2.75, 3.05) is 24.8 Å². The number of nitrogens with zero attached hydrogens (tertiary/aromatic N) is 1. The van der Waals surface area contributed by atoms with Crippen molar-refractivity contribution in [1.82, 2.24) is 4.98 Å². The first-order valence-electron chi connectivity index (χ1n) is 6.95. The van der Waals surface area contributed by atoms with Crippen LogP contribution in [0.15, 0.2) is 30.3 Å². The smallest absolute Gasteiger partial charge is 0.239 e. The Kier molecular flexibility index (Phi) is 4.87. The molecule has 112 valence electrons. The number of hydrogen-bond donors (Lipinski definition) is 2. The summed E-state index contributed by atoms with van der Waals surface area (Å²) >= 11 is 0. The fourth-order valence-corrected chi connectivity index (χ4v) is 1.88. The highest BCUT2D eigenvalue weighted by Gasteiger charge is 2.06. The summed E-state index contributed by atoms with van der Waals surface area (Å²) in [5, 5.41) is 3.27. The first-order chi connectivity index (χ1) is 10.1. The maximum Gasteiger partial charge on any atom is 0.239 e. The predicted octanol–water partition coefficient (Wildman–Crippen LogP) is 3.51. The number of methoxy groups -OCH3 is 1. The normalized spacial score (nSPS) is 10.2. The van der Waals surface area contributed by atoms with Crippen molar-refractivity contribution in [2.24, 2.45) is 0 Å². The van der Waals surface area contributed by atoms with Crippen LogP contribution in [0.5, 0.6) is 11.6 Å². The van der Waals surface area contributed by atoms with Gasteiger partial charge in [-0.3, -0.25) is 0 Å². The number of aromatic nitrogens is 1. The van der Waals surface area contributed by atoms with Gasteiger partial charge in [-0.2, -0.15) is 4.98 Å². The first kappa shape index (κ1) is 15.0. The van der Waals surface area contributed by atoms with E-state index in [2.05, 4.69) is 10.3 Å². The van der Waals surface area contributed by atoms with Gasteiger partial charge in [-0.05, 0) is 49.2 Å². The molecule has 0 aliphatic carbocycles. The lowest BCUT2D eigenvalue weighted by Gasteiger charge is -2.12. The minimum atomic E-state index is 0.466. The Morgan fingerprint density at radius 2 is 2.05 bits per heavy atom. The molecular formula is C16H21N3O2. The van der Waals surface area contributed by atoms with Crippen LogP contribution in [-0.4, -0.2) is 18.7 Å². The largest absolute Gasteiger partial charge is 0.497 e. The Morgan fingerprint density at radius 1 is 1.24 bits per heavy atom. The molecule has 0 aliphatic rings. The van der Waals surface area contributed by atoms with E-state index in [0.717, 1.165) is 23.4 Å². The number of ether oxygens (including phenoxy) is 2. The van der Waals surface area contributed by atoms with Crippen molar-refractivity contribution < 1.29 is 9.47 Å². The van der Waals surface area contributed by atoms with Crippen molar-refractivity contribution in [3.8, 4) is 11.6 Å².